The number of primary amides is 1. The topological polar surface area (TPSA) is 101 Å². The minimum absolute atomic E-state index is 0.163. The molecule has 2 aromatic carbocycles. The van der Waals surface area contributed by atoms with Crippen LogP contribution < -0.4 is 16.0 Å². The van der Waals surface area contributed by atoms with Crippen LogP contribution in [0, 0.1) is 0 Å². The largest absolute Gasteiger partial charge is 0.370 e. The summed E-state index contributed by atoms with van der Waals surface area (Å²) >= 11 is 0. The summed E-state index contributed by atoms with van der Waals surface area (Å²) in [5, 5.41) is 6.73. The van der Waals surface area contributed by atoms with Gasteiger partial charge in [0, 0.05) is 30.3 Å². The van der Waals surface area contributed by atoms with E-state index in [1.807, 2.05) is 36.4 Å². The average molecular weight is 376 g/mol. The van der Waals surface area contributed by atoms with Crippen molar-refractivity contribution in [2.24, 2.45) is 5.73 Å². The predicted octanol–water partition coefficient (Wildman–Crippen LogP) is 3.29. The van der Waals surface area contributed by atoms with Gasteiger partial charge in [-0.2, -0.15) is 0 Å². The molecule has 1 saturated heterocycles. The molecule has 2 heterocycles. The van der Waals surface area contributed by atoms with E-state index in [1.54, 1.807) is 18.2 Å². The van der Waals surface area contributed by atoms with E-state index in [4.69, 9.17) is 10.3 Å². The lowest BCUT2D eigenvalue weighted by Gasteiger charge is -2.22. The molecular weight excluding hydrogens is 356 g/mol. The third-order valence-electron chi connectivity index (χ3n) is 4.78. The third kappa shape index (κ3) is 3.59. The Balaban J connectivity index is 1.61. The molecule has 28 heavy (non-hydrogen) atoms. The van der Waals surface area contributed by atoms with Crippen LogP contribution in [0.1, 0.15) is 33.7 Å². The molecule has 3 N–H and O–H groups in total. The molecule has 4 rings (SSSR count). The first-order valence-electron chi connectivity index (χ1n) is 9.14. The van der Waals surface area contributed by atoms with Crippen LogP contribution in [0.3, 0.4) is 0 Å². The van der Waals surface area contributed by atoms with E-state index in [1.165, 1.54) is 0 Å². The van der Waals surface area contributed by atoms with Crippen molar-refractivity contribution in [1.29, 1.82) is 0 Å². The average Bonchev–Trinajstić information content (AvgIpc) is 3.41. The van der Waals surface area contributed by atoms with E-state index >= 15 is 0 Å². The Hall–Kier alpha value is -3.61. The van der Waals surface area contributed by atoms with Gasteiger partial charge in [-0.3, -0.25) is 9.59 Å². The number of hydrogen-bond acceptors (Lipinski definition) is 5. The lowest BCUT2D eigenvalue weighted by Crippen LogP contribution is -2.22. The second kappa shape index (κ2) is 7.56. The number of amides is 2. The first-order valence-corrected chi connectivity index (χ1v) is 9.14. The van der Waals surface area contributed by atoms with Crippen LogP contribution >= 0.6 is 0 Å². The number of aromatic nitrogens is 1. The number of nitrogens with zero attached hydrogens (tertiary/aromatic N) is 2. The van der Waals surface area contributed by atoms with Crippen molar-refractivity contribution in [1.82, 2.24) is 5.16 Å². The Labute approximate surface area is 162 Å². The van der Waals surface area contributed by atoms with Crippen molar-refractivity contribution in [2.75, 3.05) is 23.3 Å². The van der Waals surface area contributed by atoms with E-state index in [0.29, 0.717) is 17.0 Å². The van der Waals surface area contributed by atoms with Crippen LogP contribution in [-0.2, 0) is 0 Å². The number of carbonyl (C=O) groups excluding carboxylic acids is 2. The highest BCUT2D eigenvalue weighted by Crippen LogP contribution is 2.30. The molecule has 142 valence electrons. The highest BCUT2D eigenvalue weighted by molar-refractivity contribution is 6.06. The molecule has 0 aliphatic carbocycles. The molecule has 3 aromatic rings. The first kappa shape index (κ1) is 17.8. The van der Waals surface area contributed by atoms with Gasteiger partial charge in [0.25, 0.3) is 5.91 Å². The van der Waals surface area contributed by atoms with Gasteiger partial charge in [-0.15, -0.1) is 0 Å². The Morgan fingerprint density at radius 2 is 1.79 bits per heavy atom. The van der Waals surface area contributed by atoms with Crippen molar-refractivity contribution in [3.8, 4) is 11.3 Å². The van der Waals surface area contributed by atoms with Crippen molar-refractivity contribution < 1.29 is 14.1 Å². The number of nitrogens with one attached hydrogen (secondary N) is 1. The highest BCUT2D eigenvalue weighted by atomic mass is 16.5. The standard InChI is InChI=1S/C21H20N4O3/c22-20(26)15-8-9-18(25-10-4-5-11-25)16(12-15)23-21(27)17-13-19(28-24-17)14-6-2-1-3-7-14/h1-3,6-9,12-13H,4-5,10-11H2,(H2,22,26)(H,23,27). The Morgan fingerprint density at radius 3 is 2.50 bits per heavy atom. The molecule has 0 atom stereocenters. The summed E-state index contributed by atoms with van der Waals surface area (Å²) < 4.78 is 5.31. The molecule has 0 radical (unpaired) electrons. The van der Waals surface area contributed by atoms with E-state index in [2.05, 4.69) is 15.4 Å². The second-order valence-corrected chi connectivity index (χ2v) is 6.69. The number of anilines is 2. The summed E-state index contributed by atoms with van der Waals surface area (Å²) in [4.78, 5) is 26.5. The van der Waals surface area contributed by atoms with E-state index < -0.39 is 11.8 Å². The molecule has 2 amide bonds. The Kier molecular flexibility index (Phi) is 4.80. The zero-order valence-electron chi connectivity index (χ0n) is 15.2. The molecule has 0 bridgehead atoms. The zero-order chi connectivity index (χ0) is 19.5. The van der Waals surface area contributed by atoms with Gasteiger partial charge in [0.05, 0.1) is 11.4 Å². The SMILES string of the molecule is NC(=O)c1ccc(N2CCCC2)c(NC(=O)c2cc(-c3ccccc3)on2)c1. The van der Waals surface area contributed by atoms with Gasteiger partial charge in [-0.25, -0.2) is 0 Å². The maximum atomic E-state index is 12.7. The fourth-order valence-electron chi connectivity index (χ4n) is 3.33. The zero-order valence-corrected chi connectivity index (χ0v) is 15.2. The normalized spacial score (nSPS) is 13.5. The van der Waals surface area contributed by atoms with Gasteiger partial charge in [-0.05, 0) is 31.0 Å². The van der Waals surface area contributed by atoms with E-state index in [9.17, 15) is 9.59 Å². The summed E-state index contributed by atoms with van der Waals surface area (Å²) in [6.45, 7) is 1.81. The minimum Gasteiger partial charge on any atom is -0.370 e. The van der Waals surface area contributed by atoms with Gasteiger partial charge >= 0.3 is 0 Å². The molecule has 7 heteroatoms. The lowest BCUT2D eigenvalue weighted by atomic mass is 10.1. The molecule has 1 fully saturated rings. The quantitative estimate of drug-likeness (QED) is 0.711. The molecule has 0 spiro atoms. The molecule has 1 aromatic heterocycles. The van der Waals surface area contributed by atoms with Gasteiger partial charge in [0.15, 0.2) is 11.5 Å². The number of rotatable bonds is 5. The summed E-state index contributed by atoms with van der Waals surface area (Å²) in [5.74, 6) is -0.444. The highest BCUT2D eigenvalue weighted by Gasteiger charge is 2.20. The fourth-order valence-corrected chi connectivity index (χ4v) is 3.33. The van der Waals surface area contributed by atoms with Crippen molar-refractivity contribution in [2.45, 2.75) is 12.8 Å². The minimum atomic E-state index is -0.545. The predicted molar refractivity (Wildman–Crippen MR) is 106 cm³/mol. The number of nitrogens with two attached hydrogens (primary N) is 1. The molecule has 0 saturated carbocycles. The first-order chi connectivity index (χ1) is 13.6. The van der Waals surface area contributed by atoms with Crippen LogP contribution in [0.2, 0.25) is 0 Å². The summed E-state index contributed by atoms with van der Waals surface area (Å²) in [5.41, 5.74) is 8.14. The van der Waals surface area contributed by atoms with Crippen LogP contribution in [0.15, 0.2) is 59.1 Å². The molecule has 1 aliphatic heterocycles. The van der Waals surface area contributed by atoms with Gasteiger partial charge in [0.2, 0.25) is 5.91 Å². The fraction of sp³-hybridized carbons (Fsp3) is 0.190. The Morgan fingerprint density at radius 1 is 1.04 bits per heavy atom. The van der Waals surface area contributed by atoms with Crippen LogP contribution in [0.25, 0.3) is 11.3 Å². The van der Waals surface area contributed by atoms with Crippen LogP contribution in [-0.4, -0.2) is 30.1 Å². The monoisotopic (exact) mass is 376 g/mol. The Bertz CT molecular complexity index is 1010. The number of carbonyl (C=O) groups is 2. The summed E-state index contributed by atoms with van der Waals surface area (Å²) in [6.07, 6.45) is 2.18. The van der Waals surface area contributed by atoms with E-state index in [-0.39, 0.29) is 5.69 Å². The third-order valence-corrected chi connectivity index (χ3v) is 4.78. The van der Waals surface area contributed by atoms with E-state index in [0.717, 1.165) is 37.2 Å². The summed E-state index contributed by atoms with van der Waals surface area (Å²) in [7, 11) is 0. The maximum absolute atomic E-state index is 12.7. The molecular formula is C21H20N4O3. The van der Waals surface area contributed by atoms with Crippen LogP contribution in [0.4, 0.5) is 11.4 Å². The van der Waals surface area contributed by atoms with Gasteiger partial charge in [0.1, 0.15) is 0 Å². The number of benzene rings is 2. The van der Waals surface area contributed by atoms with Gasteiger partial charge < -0.3 is 20.5 Å². The van der Waals surface area contributed by atoms with Crippen LogP contribution in [0.5, 0.6) is 0 Å². The second-order valence-electron chi connectivity index (χ2n) is 6.69. The smallest absolute Gasteiger partial charge is 0.277 e. The molecule has 1 aliphatic rings. The lowest BCUT2D eigenvalue weighted by molar-refractivity contribution is 0.0994. The van der Waals surface area contributed by atoms with Crippen molar-refractivity contribution in [3.05, 3.63) is 65.9 Å². The maximum Gasteiger partial charge on any atom is 0.277 e. The van der Waals surface area contributed by atoms with Crippen molar-refractivity contribution >= 4 is 23.2 Å². The van der Waals surface area contributed by atoms with Crippen molar-refractivity contribution in [3.63, 3.8) is 0 Å². The molecule has 0 unspecified atom stereocenters. The van der Waals surface area contributed by atoms with Gasteiger partial charge in [-0.1, -0.05) is 35.5 Å². The summed E-state index contributed by atoms with van der Waals surface area (Å²) in [6, 6.07) is 16.1. The molecule has 7 nitrogen and oxygen atoms in total. The number of hydrogen-bond donors (Lipinski definition) is 2.